The van der Waals surface area contributed by atoms with Crippen LogP contribution >= 0.6 is 0 Å². The van der Waals surface area contributed by atoms with E-state index >= 15 is 0 Å². The maximum Gasteiger partial charge on any atom is 0.328 e. The predicted molar refractivity (Wildman–Crippen MR) is 54.7 cm³/mol. The number of hydrogen-bond acceptors (Lipinski definition) is 2. The number of carboxylic acid groups (broad SMARTS) is 1. The van der Waals surface area contributed by atoms with E-state index in [2.05, 4.69) is 4.98 Å². The van der Waals surface area contributed by atoms with E-state index in [1.165, 1.54) is 6.08 Å². The molecule has 0 saturated carbocycles. The summed E-state index contributed by atoms with van der Waals surface area (Å²) in [5, 5.41) is 8.37. The molecule has 0 aliphatic heterocycles. The van der Waals surface area contributed by atoms with Crippen LogP contribution in [0.2, 0.25) is 0 Å². The molecule has 0 aliphatic carbocycles. The van der Waals surface area contributed by atoms with Gasteiger partial charge in [0.05, 0.1) is 0 Å². The van der Waals surface area contributed by atoms with Gasteiger partial charge >= 0.3 is 5.97 Å². The van der Waals surface area contributed by atoms with Crippen LogP contribution in [0.3, 0.4) is 0 Å². The average molecular weight is 189 g/mol. The molecular formula is C11H11NO2. The Morgan fingerprint density at radius 2 is 2.07 bits per heavy atom. The Morgan fingerprint density at radius 1 is 1.43 bits per heavy atom. The topological polar surface area (TPSA) is 50.2 Å². The van der Waals surface area contributed by atoms with E-state index in [1.807, 2.05) is 19.1 Å². The first-order valence-corrected chi connectivity index (χ1v) is 4.18. The van der Waals surface area contributed by atoms with Gasteiger partial charge in [0.1, 0.15) is 0 Å². The molecule has 3 heteroatoms. The van der Waals surface area contributed by atoms with Crippen molar-refractivity contribution < 1.29 is 9.90 Å². The van der Waals surface area contributed by atoms with Crippen molar-refractivity contribution >= 4 is 11.5 Å². The second kappa shape index (κ2) is 4.97. The maximum absolute atomic E-state index is 10.2. The molecule has 0 fully saturated rings. The van der Waals surface area contributed by atoms with Gasteiger partial charge in [0.2, 0.25) is 0 Å². The molecule has 1 heterocycles. The van der Waals surface area contributed by atoms with E-state index in [4.69, 9.17) is 5.11 Å². The van der Waals surface area contributed by atoms with Crippen LogP contribution in [0.25, 0.3) is 5.57 Å². The molecular weight excluding hydrogens is 178 g/mol. The highest BCUT2D eigenvalue weighted by molar-refractivity contribution is 5.80. The minimum atomic E-state index is -0.941. The first-order chi connectivity index (χ1) is 6.70. The lowest BCUT2D eigenvalue weighted by molar-refractivity contribution is -0.131. The normalized spacial score (nSPS) is 11.9. The highest BCUT2D eigenvalue weighted by Crippen LogP contribution is 2.11. The molecule has 0 radical (unpaired) electrons. The number of rotatable bonds is 3. The number of pyridine rings is 1. The third-order valence-corrected chi connectivity index (χ3v) is 1.72. The molecule has 1 N–H and O–H groups in total. The fourth-order valence-electron chi connectivity index (χ4n) is 0.986. The van der Waals surface area contributed by atoms with Crippen LogP contribution in [0.1, 0.15) is 12.5 Å². The van der Waals surface area contributed by atoms with Crippen LogP contribution in [-0.2, 0) is 4.79 Å². The molecule has 0 atom stereocenters. The van der Waals surface area contributed by atoms with Crippen LogP contribution in [0.15, 0.2) is 42.8 Å². The number of aliphatic carboxylic acids is 1. The highest BCUT2D eigenvalue weighted by atomic mass is 16.4. The first kappa shape index (κ1) is 10.2. The lowest BCUT2D eigenvalue weighted by Crippen LogP contribution is -1.85. The third kappa shape index (κ3) is 3.23. The van der Waals surface area contributed by atoms with Crippen molar-refractivity contribution in [3.05, 3.63) is 48.3 Å². The Hall–Kier alpha value is -1.90. The van der Waals surface area contributed by atoms with E-state index in [0.717, 1.165) is 17.2 Å². The van der Waals surface area contributed by atoms with Gasteiger partial charge in [-0.2, -0.15) is 0 Å². The van der Waals surface area contributed by atoms with E-state index in [0.29, 0.717) is 0 Å². The molecule has 0 unspecified atom stereocenters. The minimum absolute atomic E-state index is 0.941. The zero-order valence-electron chi connectivity index (χ0n) is 7.84. The molecule has 3 nitrogen and oxygen atoms in total. The molecule has 1 rings (SSSR count). The van der Waals surface area contributed by atoms with Gasteiger partial charge in [0.25, 0.3) is 0 Å². The standard InChI is InChI=1S/C11H11NO2/c1-9(3-2-4-11(13)14)10-5-7-12-8-6-10/h2-8H,1H3,(H,13,14)/b4-2+,9-3+. The quantitative estimate of drug-likeness (QED) is 0.585. The van der Waals surface area contributed by atoms with Gasteiger partial charge in [-0.3, -0.25) is 4.98 Å². The lowest BCUT2D eigenvalue weighted by atomic mass is 10.1. The Balaban J connectivity index is 2.75. The van der Waals surface area contributed by atoms with Crippen LogP contribution in [-0.4, -0.2) is 16.1 Å². The second-order valence-corrected chi connectivity index (χ2v) is 2.78. The summed E-state index contributed by atoms with van der Waals surface area (Å²) in [5.74, 6) is -0.941. The number of aromatic nitrogens is 1. The maximum atomic E-state index is 10.2. The van der Waals surface area contributed by atoms with Crippen LogP contribution in [0, 0.1) is 0 Å². The fraction of sp³-hybridized carbons (Fsp3) is 0.0909. The van der Waals surface area contributed by atoms with Gasteiger partial charge in [-0.25, -0.2) is 4.79 Å². The van der Waals surface area contributed by atoms with Crippen LogP contribution in [0.5, 0.6) is 0 Å². The van der Waals surface area contributed by atoms with Gasteiger partial charge in [0, 0.05) is 18.5 Å². The summed E-state index contributed by atoms with van der Waals surface area (Å²) in [6, 6.07) is 3.75. The zero-order chi connectivity index (χ0) is 10.4. The van der Waals surface area contributed by atoms with E-state index in [-0.39, 0.29) is 0 Å². The zero-order valence-corrected chi connectivity index (χ0v) is 7.84. The molecule has 1 aromatic rings. The summed E-state index contributed by atoms with van der Waals surface area (Å²) in [5.41, 5.74) is 2.04. The van der Waals surface area contributed by atoms with E-state index in [9.17, 15) is 4.79 Å². The molecule has 0 bridgehead atoms. The largest absolute Gasteiger partial charge is 0.478 e. The molecule has 0 aromatic carbocycles. The summed E-state index contributed by atoms with van der Waals surface area (Å²) >= 11 is 0. The number of carboxylic acids is 1. The smallest absolute Gasteiger partial charge is 0.328 e. The summed E-state index contributed by atoms with van der Waals surface area (Å²) in [7, 11) is 0. The molecule has 14 heavy (non-hydrogen) atoms. The van der Waals surface area contributed by atoms with Crippen molar-refractivity contribution in [1.82, 2.24) is 4.98 Å². The monoisotopic (exact) mass is 189 g/mol. The molecule has 0 spiro atoms. The first-order valence-electron chi connectivity index (χ1n) is 4.18. The highest BCUT2D eigenvalue weighted by Gasteiger charge is 1.91. The predicted octanol–water partition coefficient (Wildman–Crippen LogP) is 2.13. The number of allylic oxidation sites excluding steroid dienone is 3. The van der Waals surface area contributed by atoms with Gasteiger partial charge in [-0.05, 0) is 30.2 Å². The number of nitrogens with zero attached hydrogens (tertiary/aromatic N) is 1. The van der Waals surface area contributed by atoms with Crippen molar-refractivity contribution in [3.8, 4) is 0 Å². The Morgan fingerprint density at radius 3 is 2.64 bits per heavy atom. The Bertz CT molecular complexity index is 366. The van der Waals surface area contributed by atoms with Gasteiger partial charge in [-0.1, -0.05) is 12.2 Å². The third-order valence-electron chi connectivity index (χ3n) is 1.72. The number of hydrogen-bond donors (Lipinski definition) is 1. The molecule has 0 saturated heterocycles. The second-order valence-electron chi connectivity index (χ2n) is 2.78. The van der Waals surface area contributed by atoms with Crippen molar-refractivity contribution in [1.29, 1.82) is 0 Å². The lowest BCUT2D eigenvalue weighted by Gasteiger charge is -1.97. The van der Waals surface area contributed by atoms with Gasteiger partial charge < -0.3 is 5.11 Å². The Kier molecular flexibility index (Phi) is 3.61. The van der Waals surface area contributed by atoms with Crippen LogP contribution < -0.4 is 0 Å². The number of carbonyl (C=O) groups is 1. The van der Waals surface area contributed by atoms with E-state index in [1.54, 1.807) is 18.5 Å². The van der Waals surface area contributed by atoms with Crippen LogP contribution in [0.4, 0.5) is 0 Å². The van der Waals surface area contributed by atoms with Crippen molar-refractivity contribution in [2.75, 3.05) is 0 Å². The fourth-order valence-corrected chi connectivity index (χ4v) is 0.986. The summed E-state index contributed by atoms with van der Waals surface area (Å²) < 4.78 is 0. The van der Waals surface area contributed by atoms with Crippen molar-refractivity contribution in [2.45, 2.75) is 6.92 Å². The van der Waals surface area contributed by atoms with Crippen molar-refractivity contribution in [3.63, 3.8) is 0 Å². The Labute approximate surface area is 82.4 Å². The molecule has 1 aromatic heterocycles. The summed E-state index contributed by atoms with van der Waals surface area (Å²) in [4.78, 5) is 14.1. The van der Waals surface area contributed by atoms with Gasteiger partial charge in [0.15, 0.2) is 0 Å². The molecule has 0 aliphatic rings. The minimum Gasteiger partial charge on any atom is -0.478 e. The van der Waals surface area contributed by atoms with E-state index < -0.39 is 5.97 Å². The molecule has 72 valence electrons. The molecule has 0 amide bonds. The average Bonchev–Trinajstić information content (AvgIpc) is 2.18. The summed E-state index contributed by atoms with van der Waals surface area (Å²) in [6.45, 7) is 1.92. The summed E-state index contributed by atoms with van der Waals surface area (Å²) in [6.07, 6.45) is 7.77. The SMILES string of the molecule is C/C(=C\C=C\C(=O)O)c1ccncc1. The van der Waals surface area contributed by atoms with Crippen molar-refractivity contribution in [2.24, 2.45) is 0 Å². The van der Waals surface area contributed by atoms with Gasteiger partial charge in [-0.15, -0.1) is 0 Å².